The summed E-state index contributed by atoms with van der Waals surface area (Å²) in [6, 6.07) is 18.3. The lowest BCUT2D eigenvalue weighted by atomic mass is 9.92. The largest absolute Gasteiger partial charge is 0.497 e. The molecule has 0 fully saturated rings. The maximum absolute atomic E-state index is 13.5. The van der Waals surface area contributed by atoms with E-state index in [1.165, 1.54) is 0 Å². The van der Waals surface area contributed by atoms with Crippen LogP contribution >= 0.6 is 11.6 Å². The Morgan fingerprint density at radius 3 is 2.24 bits per heavy atom. The molecule has 2 heterocycles. The Morgan fingerprint density at radius 1 is 0.947 bits per heavy atom. The van der Waals surface area contributed by atoms with E-state index < -0.39 is 17.8 Å². The number of carbonyl (C=O) groups is 4. The molecule has 0 aromatic heterocycles. The number of hydrogen-bond donors (Lipinski definition) is 0. The number of methoxy groups -OCH3 is 1. The van der Waals surface area contributed by atoms with Crippen LogP contribution in [0.5, 0.6) is 5.75 Å². The number of rotatable bonds is 7. The van der Waals surface area contributed by atoms with Gasteiger partial charge in [0.05, 0.1) is 31.2 Å². The highest BCUT2D eigenvalue weighted by Gasteiger charge is 2.41. The van der Waals surface area contributed by atoms with E-state index in [9.17, 15) is 19.2 Å². The number of carbonyl (C=O) groups excluding carboxylic acids is 4. The van der Waals surface area contributed by atoms with Gasteiger partial charge in [0.25, 0.3) is 17.7 Å². The zero-order chi connectivity index (χ0) is 27.0. The molecule has 0 saturated heterocycles. The van der Waals surface area contributed by atoms with Crippen molar-refractivity contribution < 1.29 is 28.7 Å². The van der Waals surface area contributed by atoms with Crippen molar-refractivity contribution in [1.29, 1.82) is 0 Å². The molecule has 2 aliphatic heterocycles. The van der Waals surface area contributed by atoms with Gasteiger partial charge in [0.15, 0.2) is 0 Å². The van der Waals surface area contributed by atoms with Crippen molar-refractivity contribution in [1.82, 2.24) is 4.90 Å². The predicted molar refractivity (Wildman–Crippen MR) is 141 cm³/mol. The molecule has 8 nitrogen and oxygen atoms in total. The van der Waals surface area contributed by atoms with E-state index in [0.29, 0.717) is 33.1 Å². The second kappa shape index (κ2) is 10.3. The van der Waals surface area contributed by atoms with Gasteiger partial charge in [-0.2, -0.15) is 0 Å². The number of benzene rings is 3. The van der Waals surface area contributed by atoms with Crippen LogP contribution in [0.3, 0.4) is 0 Å². The normalized spacial score (nSPS) is 17.9. The van der Waals surface area contributed by atoms with Gasteiger partial charge in [-0.15, -0.1) is 0 Å². The Kier molecular flexibility index (Phi) is 6.91. The summed E-state index contributed by atoms with van der Waals surface area (Å²) < 4.78 is 10.8. The Hall–Kier alpha value is -4.17. The molecular formula is C29H25ClN2O6. The number of halogens is 1. The first-order chi connectivity index (χ1) is 18.3. The standard InChI is InChI=1S/C29H25ClN2O6/c1-17-23(16-26(33)38-14-13-31-28(35)21-5-3-4-6-22(21)29(31)36)24-15-20(37-2)11-12-25(24)32(17)27(34)18-7-9-19(30)10-8-18/h3-12,15,17,23H,13-14,16H2,1-2H3. The summed E-state index contributed by atoms with van der Waals surface area (Å²) in [7, 11) is 1.55. The van der Waals surface area contributed by atoms with Crippen molar-refractivity contribution in [3.05, 3.63) is 94.0 Å². The second-order valence-corrected chi connectivity index (χ2v) is 9.62. The van der Waals surface area contributed by atoms with Crippen LogP contribution in [-0.2, 0) is 9.53 Å². The summed E-state index contributed by atoms with van der Waals surface area (Å²) in [5, 5.41) is 0.531. The van der Waals surface area contributed by atoms with Crippen LogP contribution in [0, 0.1) is 0 Å². The zero-order valence-corrected chi connectivity index (χ0v) is 21.6. The summed E-state index contributed by atoms with van der Waals surface area (Å²) in [6.45, 7) is 1.73. The molecule has 194 valence electrons. The number of ether oxygens (including phenoxy) is 2. The van der Waals surface area contributed by atoms with E-state index >= 15 is 0 Å². The monoisotopic (exact) mass is 532 g/mol. The second-order valence-electron chi connectivity index (χ2n) is 9.19. The number of nitrogens with zero attached hydrogens (tertiary/aromatic N) is 2. The fourth-order valence-corrected chi connectivity index (χ4v) is 5.20. The van der Waals surface area contributed by atoms with Crippen LogP contribution < -0.4 is 9.64 Å². The lowest BCUT2D eigenvalue weighted by Gasteiger charge is -2.25. The van der Waals surface area contributed by atoms with E-state index in [1.807, 2.05) is 19.1 Å². The maximum Gasteiger partial charge on any atom is 0.306 e. The number of fused-ring (bicyclic) bond motifs is 2. The fourth-order valence-electron chi connectivity index (χ4n) is 5.07. The first kappa shape index (κ1) is 25.5. The fraction of sp³-hybridized carbons (Fsp3) is 0.241. The Labute approximate surface area is 224 Å². The molecule has 5 rings (SSSR count). The predicted octanol–water partition coefficient (Wildman–Crippen LogP) is 4.71. The first-order valence-electron chi connectivity index (χ1n) is 12.2. The highest BCUT2D eigenvalue weighted by atomic mass is 35.5. The maximum atomic E-state index is 13.5. The van der Waals surface area contributed by atoms with Gasteiger partial charge in [0, 0.05) is 28.2 Å². The third-order valence-corrected chi connectivity index (χ3v) is 7.29. The molecule has 0 aliphatic carbocycles. The molecule has 0 spiro atoms. The molecule has 2 atom stereocenters. The minimum atomic E-state index is -0.493. The molecule has 9 heteroatoms. The molecule has 38 heavy (non-hydrogen) atoms. The smallest absolute Gasteiger partial charge is 0.306 e. The van der Waals surface area contributed by atoms with Gasteiger partial charge in [0.1, 0.15) is 12.4 Å². The third-order valence-electron chi connectivity index (χ3n) is 7.04. The number of imide groups is 1. The van der Waals surface area contributed by atoms with E-state index in [4.69, 9.17) is 21.1 Å². The quantitative estimate of drug-likeness (QED) is 0.323. The SMILES string of the molecule is COc1ccc2c(c1)C(CC(=O)OCCN1C(=O)c3ccccc3C1=O)C(C)N2C(=O)c1ccc(Cl)cc1. The van der Waals surface area contributed by atoms with Crippen molar-refractivity contribution in [2.75, 3.05) is 25.2 Å². The molecule has 2 unspecified atom stereocenters. The summed E-state index contributed by atoms with van der Waals surface area (Å²) in [5.41, 5.74) is 2.67. The summed E-state index contributed by atoms with van der Waals surface area (Å²) >= 11 is 5.99. The van der Waals surface area contributed by atoms with Gasteiger partial charge >= 0.3 is 5.97 Å². The minimum Gasteiger partial charge on any atom is -0.497 e. The molecule has 3 aromatic carbocycles. The minimum absolute atomic E-state index is 0.00779. The molecule has 3 aromatic rings. The number of esters is 1. The van der Waals surface area contributed by atoms with E-state index in [0.717, 1.165) is 10.5 Å². The van der Waals surface area contributed by atoms with Crippen molar-refractivity contribution in [2.24, 2.45) is 0 Å². The summed E-state index contributed by atoms with van der Waals surface area (Å²) in [4.78, 5) is 54.2. The molecule has 2 aliphatic rings. The van der Waals surface area contributed by atoms with Crippen molar-refractivity contribution >= 4 is 41.0 Å². The Morgan fingerprint density at radius 2 is 1.61 bits per heavy atom. The van der Waals surface area contributed by atoms with Crippen molar-refractivity contribution in [3.8, 4) is 5.75 Å². The van der Waals surface area contributed by atoms with Crippen LogP contribution in [0.4, 0.5) is 5.69 Å². The summed E-state index contributed by atoms with van der Waals surface area (Å²) in [5.74, 6) is -1.23. The molecule has 3 amide bonds. The van der Waals surface area contributed by atoms with E-state index in [1.54, 1.807) is 66.6 Å². The summed E-state index contributed by atoms with van der Waals surface area (Å²) in [6.07, 6.45) is 0.00779. The van der Waals surface area contributed by atoms with Gasteiger partial charge in [-0.1, -0.05) is 23.7 Å². The Balaban J connectivity index is 1.28. The molecule has 0 radical (unpaired) electrons. The van der Waals surface area contributed by atoms with Crippen molar-refractivity contribution in [3.63, 3.8) is 0 Å². The highest BCUT2D eigenvalue weighted by Crippen LogP contribution is 2.45. The van der Waals surface area contributed by atoms with Crippen LogP contribution in [0.25, 0.3) is 0 Å². The van der Waals surface area contributed by atoms with Gasteiger partial charge in [-0.25, -0.2) is 0 Å². The van der Waals surface area contributed by atoms with Gasteiger partial charge in [-0.3, -0.25) is 24.1 Å². The van der Waals surface area contributed by atoms with Crippen LogP contribution in [0.1, 0.15) is 55.9 Å². The number of amides is 3. The van der Waals surface area contributed by atoms with Crippen LogP contribution in [0.2, 0.25) is 5.02 Å². The molecule has 0 N–H and O–H groups in total. The first-order valence-corrected chi connectivity index (χ1v) is 12.6. The van der Waals surface area contributed by atoms with Gasteiger partial charge in [0.2, 0.25) is 0 Å². The Bertz CT molecular complexity index is 1400. The van der Waals surface area contributed by atoms with Crippen LogP contribution in [-0.4, -0.2) is 54.9 Å². The zero-order valence-electron chi connectivity index (χ0n) is 20.8. The number of anilines is 1. The van der Waals surface area contributed by atoms with Gasteiger partial charge < -0.3 is 14.4 Å². The molecule has 0 saturated carbocycles. The lowest BCUT2D eigenvalue weighted by Crippen LogP contribution is -2.38. The van der Waals surface area contributed by atoms with Gasteiger partial charge in [-0.05, 0) is 67.1 Å². The lowest BCUT2D eigenvalue weighted by molar-refractivity contribution is -0.144. The molecular weight excluding hydrogens is 508 g/mol. The number of hydrogen-bond acceptors (Lipinski definition) is 6. The van der Waals surface area contributed by atoms with E-state index in [2.05, 4.69) is 0 Å². The average Bonchev–Trinajstić information content (AvgIpc) is 3.33. The molecule has 0 bridgehead atoms. The highest BCUT2D eigenvalue weighted by molar-refractivity contribution is 6.30. The van der Waals surface area contributed by atoms with Crippen LogP contribution in [0.15, 0.2) is 66.7 Å². The topological polar surface area (TPSA) is 93.2 Å². The van der Waals surface area contributed by atoms with E-state index in [-0.39, 0.29) is 37.4 Å². The van der Waals surface area contributed by atoms with Crippen molar-refractivity contribution in [2.45, 2.75) is 25.3 Å². The third kappa shape index (κ3) is 4.52. The average molecular weight is 533 g/mol.